The average molecular weight is 518 g/mol. The largest absolute Gasteiger partial charge is 0.366 e. The summed E-state index contributed by atoms with van der Waals surface area (Å²) >= 11 is 0. The first-order valence-corrected chi connectivity index (χ1v) is 13.5. The molecule has 1 heterocycles. The molecule has 5 aromatic carbocycles. The number of primary amides is 1. The van der Waals surface area contributed by atoms with Crippen molar-refractivity contribution in [2.45, 2.75) is 13.0 Å². The lowest BCUT2D eigenvalue weighted by molar-refractivity contribution is 0.100. The molecule has 0 bridgehead atoms. The second-order valence-electron chi connectivity index (χ2n) is 10.2. The van der Waals surface area contributed by atoms with E-state index in [2.05, 4.69) is 95.6 Å². The average Bonchev–Trinajstić information content (AvgIpc) is 3.56. The van der Waals surface area contributed by atoms with Gasteiger partial charge in [0.2, 0.25) is 5.91 Å². The molecule has 0 atom stereocenters. The maximum Gasteiger partial charge on any atom is 0.248 e. The van der Waals surface area contributed by atoms with Crippen molar-refractivity contribution in [3.05, 3.63) is 150 Å². The Morgan fingerprint density at radius 3 is 2.05 bits per heavy atom. The number of nitrogens with two attached hydrogens (primary N) is 1. The molecular formula is C36H27N3O. The third kappa shape index (κ3) is 4.20. The van der Waals surface area contributed by atoms with E-state index < -0.39 is 5.91 Å². The van der Waals surface area contributed by atoms with E-state index >= 15 is 0 Å². The molecule has 0 saturated heterocycles. The number of hydrogen-bond donors (Lipinski definition) is 1. The normalized spacial score (nSPS) is 11.7. The van der Waals surface area contributed by atoms with Crippen LogP contribution in [0, 0.1) is 0 Å². The first-order valence-electron chi connectivity index (χ1n) is 13.5. The molecule has 1 aliphatic rings. The predicted molar refractivity (Wildman–Crippen MR) is 161 cm³/mol. The van der Waals surface area contributed by atoms with Crippen LogP contribution in [0.4, 0.5) is 0 Å². The van der Waals surface area contributed by atoms with E-state index in [0.717, 1.165) is 45.9 Å². The van der Waals surface area contributed by atoms with Crippen LogP contribution in [0.2, 0.25) is 0 Å². The highest BCUT2D eigenvalue weighted by Gasteiger charge is 2.24. The molecule has 6 aromatic rings. The standard InChI is InChI=1S/C36H27N3O/c37-35(40)27-17-15-24(16-18-27)23-39-34(26-11-5-2-6-12-26)33(25-9-3-1-4-10-25)38-36(39)30-20-19-29-21-28-13-7-8-14-31(28)32(29)22-30/h1-20,22H,21,23H2,(H2,37,40). The van der Waals surface area contributed by atoms with Crippen molar-refractivity contribution in [2.75, 3.05) is 0 Å². The van der Waals surface area contributed by atoms with Crippen molar-refractivity contribution in [1.29, 1.82) is 0 Å². The third-order valence-corrected chi connectivity index (χ3v) is 7.70. The second-order valence-corrected chi connectivity index (χ2v) is 10.2. The number of fused-ring (bicyclic) bond motifs is 3. The minimum atomic E-state index is -0.426. The summed E-state index contributed by atoms with van der Waals surface area (Å²) in [5.74, 6) is 0.480. The van der Waals surface area contributed by atoms with E-state index in [4.69, 9.17) is 10.7 Å². The maximum atomic E-state index is 11.7. The molecule has 0 saturated carbocycles. The van der Waals surface area contributed by atoms with Gasteiger partial charge in [-0.15, -0.1) is 0 Å². The summed E-state index contributed by atoms with van der Waals surface area (Å²) in [5.41, 5.74) is 17.6. The highest BCUT2D eigenvalue weighted by molar-refractivity contribution is 5.92. The maximum absolute atomic E-state index is 11.7. The Kier molecular flexibility index (Phi) is 5.86. The number of aromatic nitrogens is 2. The Morgan fingerprint density at radius 2 is 1.32 bits per heavy atom. The van der Waals surface area contributed by atoms with Crippen molar-refractivity contribution < 1.29 is 4.79 Å². The molecule has 192 valence electrons. The minimum absolute atomic E-state index is 0.426. The van der Waals surface area contributed by atoms with Crippen LogP contribution in [-0.4, -0.2) is 15.5 Å². The molecule has 4 heteroatoms. The number of rotatable bonds is 6. The fraction of sp³-hybridized carbons (Fsp3) is 0.0556. The minimum Gasteiger partial charge on any atom is -0.366 e. The highest BCUT2D eigenvalue weighted by atomic mass is 16.1. The molecule has 0 radical (unpaired) electrons. The molecular weight excluding hydrogens is 490 g/mol. The first-order chi connectivity index (χ1) is 19.7. The summed E-state index contributed by atoms with van der Waals surface area (Å²) in [5, 5.41) is 0. The van der Waals surface area contributed by atoms with Gasteiger partial charge in [0, 0.05) is 28.8 Å². The number of carbonyl (C=O) groups excluding carboxylic acids is 1. The SMILES string of the molecule is NC(=O)c1ccc(Cn2c(-c3ccc4c(c3)-c3ccccc3C4)nc(-c3ccccc3)c2-c2ccccc2)cc1. The van der Waals surface area contributed by atoms with Crippen molar-refractivity contribution in [1.82, 2.24) is 9.55 Å². The number of hydrogen-bond acceptors (Lipinski definition) is 2. The fourth-order valence-electron chi connectivity index (χ4n) is 5.73. The number of imidazole rings is 1. The Balaban J connectivity index is 1.46. The van der Waals surface area contributed by atoms with E-state index in [1.54, 1.807) is 12.1 Å². The molecule has 7 rings (SSSR count). The van der Waals surface area contributed by atoms with Gasteiger partial charge in [0.15, 0.2) is 0 Å². The molecule has 0 aliphatic heterocycles. The van der Waals surface area contributed by atoms with Crippen LogP contribution < -0.4 is 5.73 Å². The van der Waals surface area contributed by atoms with Gasteiger partial charge in [-0.05, 0) is 52.4 Å². The fourth-order valence-corrected chi connectivity index (χ4v) is 5.73. The molecule has 1 aromatic heterocycles. The van der Waals surface area contributed by atoms with E-state index in [1.807, 2.05) is 24.3 Å². The predicted octanol–water partition coefficient (Wildman–Crippen LogP) is 7.60. The quantitative estimate of drug-likeness (QED) is 0.247. The molecule has 2 N–H and O–H groups in total. The van der Waals surface area contributed by atoms with E-state index in [1.165, 1.54) is 22.3 Å². The molecule has 0 fully saturated rings. The number of nitrogens with zero attached hydrogens (tertiary/aromatic N) is 2. The van der Waals surface area contributed by atoms with Gasteiger partial charge in [-0.2, -0.15) is 0 Å². The highest BCUT2D eigenvalue weighted by Crippen LogP contribution is 2.41. The van der Waals surface area contributed by atoms with Crippen LogP contribution in [0.5, 0.6) is 0 Å². The summed E-state index contributed by atoms with van der Waals surface area (Å²) in [7, 11) is 0. The van der Waals surface area contributed by atoms with Gasteiger partial charge >= 0.3 is 0 Å². The lowest BCUT2D eigenvalue weighted by Gasteiger charge is -2.15. The van der Waals surface area contributed by atoms with Crippen LogP contribution >= 0.6 is 0 Å². The Morgan fingerprint density at radius 1 is 0.675 bits per heavy atom. The Bertz CT molecular complexity index is 1850. The zero-order valence-corrected chi connectivity index (χ0v) is 21.9. The number of amides is 1. The van der Waals surface area contributed by atoms with Gasteiger partial charge in [-0.25, -0.2) is 4.98 Å². The lowest BCUT2D eigenvalue weighted by atomic mass is 10.0. The van der Waals surface area contributed by atoms with Crippen molar-refractivity contribution in [3.8, 4) is 45.0 Å². The van der Waals surface area contributed by atoms with E-state index in [-0.39, 0.29) is 0 Å². The molecule has 4 nitrogen and oxygen atoms in total. The van der Waals surface area contributed by atoms with Gasteiger partial charge in [-0.3, -0.25) is 4.79 Å². The summed E-state index contributed by atoms with van der Waals surface area (Å²) in [6, 6.07) is 43.7. The summed E-state index contributed by atoms with van der Waals surface area (Å²) < 4.78 is 2.31. The third-order valence-electron chi connectivity index (χ3n) is 7.70. The topological polar surface area (TPSA) is 60.9 Å². The van der Waals surface area contributed by atoms with Crippen LogP contribution in [0.1, 0.15) is 27.0 Å². The molecule has 0 unspecified atom stereocenters. The second kappa shape index (κ2) is 9.83. The molecule has 1 aliphatic carbocycles. The van der Waals surface area contributed by atoms with Crippen molar-refractivity contribution in [2.24, 2.45) is 5.73 Å². The smallest absolute Gasteiger partial charge is 0.248 e. The van der Waals surface area contributed by atoms with Gasteiger partial charge in [0.1, 0.15) is 5.82 Å². The summed E-state index contributed by atoms with van der Waals surface area (Å²) in [6.45, 7) is 0.589. The van der Waals surface area contributed by atoms with Gasteiger partial charge < -0.3 is 10.3 Å². The molecule has 1 amide bonds. The van der Waals surface area contributed by atoms with E-state index in [0.29, 0.717) is 12.1 Å². The zero-order valence-electron chi connectivity index (χ0n) is 21.9. The van der Waals surface area contributed by atoms with Crippen LogP contribution in [0.3, 0.4) is 0 Å². The molecule has 40 heavy (non-hydrogen) atoms. The van der Waals surface area contributed by atoms with Crippen LogP contribution in [0.25, 0.3) is 45.0 Å². The summed E-state index contributed by atoms with van der Waals surface area (Å²) in [6.07, 6.45) is 0.955. The van der Waals surface area contributed by atoms with Gasteiger partial charge in [0.05, 0.1) is 11.4 Å². The van der Waals surface area contributed by atoms with Gasteiger partial charge in [-0.1, -0.05) is 109 Å². The molecule has 0 spiro atoms. The van der Waals surface area contributed by atoms with Crippen LogP contribution in [-0.2, 0) is 13.0 Å². The van der Waals surface area contributed by atoms with Crippen molar-refractivity contribution in [3.63, 3.8) is 0 Å². The lowest BCUT2D eigenvalue weighted by Crippen LogP contribution is -2.11. The summed E-state index contributed by atoms with van der Waals surface area (Å²) in [4.78, 5) is 17.0. The van der Waals surface area contributed by atoms with Gasteiger partial charge in [0.25, 0.3) is 0 Å². The first kappa shape index (κ1) is 23.9. The zero-order chi connectivity index (χ0) is 27.1. The monoisotopic (exact) mass is 517 g/mol. The van der Waals surface area contributed by atoms with E-state index in [9.17, 15) is 4.79 Å². The number of carbonyl (C=O) groups is 1. The van der Waals surface area contributed by atoms with Crippen molar-refractivity contribution >= 4 is 5.91 Å². The Labute approximate surface area is 233 Å². The Hall–Kier alpha value is -5.22. The number of benzene rings is 5. The van der Waals surface area contributed by atoms with Crippen LogP contribution in [0.15, 0.2) is 127 Å².